The Morgan fingerprint density at radius 3 is 2.23 bits per heavy atom. The van der Waals surface area contributed by atoms with Gasteiger partial charge >= 0.3 is 0 Å². The van der Waals surface area contributed by atoms with Crippen LogP contribution >= 0.6 is 0 Å². The van der Waals surface area contributed by atoms with Gasteiger partial charge in [0.2, 0.25) is 0 Å². The second-order valence-electron chi connectivity index (χ2n) is 7.36. The zero-order valence-corrected chi connectivity index (χ0v) is 17.9. The molecule has 0 radical (unpaired) electrons. The molecule has 0 bridgehead atoms. The van der Waals surface area contributed by atoms with Gasteiger partial charge in [-0.1, -0.05) is 60.2 Å². The highest BCUT2D eigenvalue weighted by molar-refractivity contribution is 7.92. The largest absolute Gasteiger partial charge is 0.350 e. The molecule has 3 aromatic carbocycles. The highest BCUT2D eigenvalue weighted by atomic mass is 32.2. The van der Waals surface area contributed by atoms with E-state index in [9.17, 15) is 13.2 Å². The second kappa shape index (κ2) is 9.59. The van der Waals surface area contributed by atoms with Crippen LogP contribution in [0.2, 0.25) is 0 Å². The van der Waals surface area contributed by atoms with E-state index in [2.05, 4.69) is 22.2 Å². The van der Waals surface area contributed by atoms with Crippen molar-refractivity contribution in [1.82, 2.24) is 5.32 Å². The number of carbonyl (C=O) groups is 1. The number of benzene rings is 3. The van der Waals surface area contributed by atoms with Gasteiger partial charge in [-0.05, 0) is 56.5 Å². The van der Waals surface area contributed by atoms with Crippen LogP contribution in [0.5, 0.6) is 0 Å². The van der Waals surface area contributed by atoms with Crippen molar-refractivity contribution in [2.24, 2.45) is 0 Å². The number of aryl methyl sites for hydroxylation is 2. The summed E-state index contributed by atoms with van der Waals surface area (Å²) in [6, 6.07) is 23.2. The molecule has 0 spiro atoms. The quantitative estimate of drug-likeness (QED) is 0.559. The zero-order valence-electron chi connectivity index (χ0n) is 17.1. The molecule has 156 valence electrons. The molecule has 0 aliphatic rings. The number of para-hydroxylation sites is 1. The van der Waals surface area contributed by atoms with Gasteiger partial charge in [-0.3, -0.25) is 9.52 Å². The highest BCUT2D eigenvalue weighted by Gasteiger charge is 2.19. The molecule has 1 atom stereocenters. The zero-order chi connectivity index (χ0) is 21.6. The minimum Gasteiger partial charge on any atom is -0.350 e. The van der Waals surface area contributed by atoms with E-state index < -0.39 is 10.0 Å². The third kappa shape index (κ3) is 5.70. The highest BCUT2D eigenvalue weighted by Crippen LogP contribution is 2.21. The van der Waals surface area contributed by atoms with Crippen molar-refractivity contribution in [2.45, 2.75) is 37.6 Å². The van der Waals surface area contributed by atoms with Crippen molar-refractivity contribution in [1.29, 1.82) is 0 Å². The van der Waals surface area contributed by atoms with E-state index in [1.54, 1.807) is 48.5 Å². The molecule has 1 amide bonds. The number of amides is 1. The minimum atomic E-state index is -3.79. The molecule has 0 aliphatic carbocycles. The van der Waals surface area contributed by atoms with E-state index >= 15 is 0 Å². The molecule has 30 heavy (non-hydrogen) atoms. The monoisotopic (exact) mass is 422 g/mol. The Morgan fingerprint density at radius 2 is 1.53 bits per heavy atom. The molecule has 0 saturated carbocycles. The summed E-state index contributed by atoms with van der Waals surface area (Å²) in [5.41, 5.74) is 2.73. The third-order valence-electron chi connectivity index (χ3n) is 4.83. The topological polar surface area (TPSA) is 75.3 Å². The fourth-order valence-corrected chi connectivity index (χ4v) is 4.17. The summed E-state index contributed by atoms with van der Waals surface area (Å²) >= 11 is 0. The smallest absolute Gasteiger partial charge is 0.261 e. The van der Waals surface area contributed by atoms with Gasteiger partial charge in [-0.15, -0.1) is 0 Å². The Balaban J connectivity index is 1.69. The van der Waals surface area contributed by atoms with Gasteiger partial charge in [0.15, 0.2) is 0 Å². The molecule has 5 nitrogen and oxygen atoms in total. The van der Waals surface area contributed by atoms with Gasteiger partial charge in [0.1, 0.15) is 0 Å². The average molecular weight is 423 g/mol. The number of rotatable bonds is 8. The van der Waals surface area contributed by atoms with E-state index in [4.69, 9.17) is 0 Å². The Labute approximate surface area is 178 Å². The van der Waals surface area contributed by atoms with Gasteiger partial charge < -0.3 is 5.32 Å². The molecule has 0 unspecified atom stereocenters. The van der Waals surface area contributed by atoms with E-state index in [1.807, 2.05) is 32.0 Å². The summed E-state index contributed by atoms with van der Waals surface area (Å²) in [4.78, 5) is 13.0. The molecule has 3 aromatic rings. The van der Waals surface area contributed by atoms with Crippen molar-refractivity contribution >= 4 is 21.6 Å². The van der Waals surface area contributed by atoms with Gasteiger partial charge in [0.25, 0.3) is 15.9 Å². The standard InChI is InChI=1S/C24H26N2O3S/c1-18-12-16-21(17-13-18)30(28,29)26-23-11-7-6-10-22(23)24(27)25-19(2)14-15-20-8-4-3-5-9-20/h3-13,16-17,19,26H,14-15H2,1-2H3,(H,25,27)/t19-/m1/s1. The molecule has 0 fully saturated rings. The van der Waals surface area contributed by atoms with Crippen molar-refractivity contribution < 1.29 is 13.2 Å². The maximum atomic E-state index is 12.8. The summed E-state index contributed by atoms with van der Waals surface area (Å²) < 4.78 is 28.0. The van der Waals surface area contributed by atoms with Gasteiger partial charge in [-0.25, -0.2) is 8.42 Å². The lowest BCUT2D eigenvalue weighted by atomic mass is 10.1. The molecule has 6 heteroatoms. The first-order valence-corrected chi connectivity index (χ1v) is 11.4. The molecular formula is C24H26N2O3S. The summed E-state index contributed by atoms with van der Waals surface area (Å²) in [5, 5.41) is 2.97. The summed E-state index contributed by atoms with van der Waals surface area (Å²) in [7, 11) is -3.79. The van der Waals surface area contributed by atoms with Crippen LogP contribution < -0.4 is 10.0 Å². The van der Waals surface area contributed by atoms with Gasteiger partial charge in [0, 0.05) is 6.04 Å². The van der Waals surface area contributed by atoms with Gasteiger partial charge in [0.05, 0.1) is 16.1 Å². The maximum absolute atomic E-state index is 12.8. The number of hydrogen-bond donors (Lipinski definition) is 2. The average Bonchev–Trinajstić information content (AvgIpc) is 2.73. The fraction of sp³-hybridized carbons (Fsp3) is 0.208. The maximum Gasteiger partial charge on any atom is 0.261 e. The molecule has 0 heterocycles. The van der Waals surface area contributed by atoms with E-state index in [0.29, 0.717) is 5.56 Å². The summed E-state index contributed by atoms with van der Waals surface area (Å²) in [5.74, 6) is -0.308. The summed E-state index contributed by atoms with van der Waals surface area (Å²) in [6.45, 7) is 3.84. The fourth-order valence-electron chi connectivity index (χ4n) is 3.09. The minimum absolute atomic E-state index is 0.0560. The van der Waals surface area contributed by atoms with Gasteiger partial charge in [-0.2, -0.15) is 0 Å². The van der Waals surface area contributed by atoms with Crippen molar-refractivity contribution in [3.63, 3.8) is 0 Å². The Bertz CT molecular complexity index is 1090. The predicted octanol–water partition coefficient (Wildman–Crippen LogP) is 4.55. The lowest BCUT2D eigenvalue weighted by Gasteiger charge is -2.16. The molecule has 0 aliphatic heterocycles. The van der Waals surface area contributed by atoms with Crippen molar-refractivity contribution in [2.75, 3.05) is 4.72 Å². The van der Waals surface area contributed by atoms with Crippen LogP contribution in [0.3, 0.4) is 0 Å². The van der Waals surface area contributed by atoms with Crippen molar-refractivity contribution in [3.05, 3.63) is 95.6 Å². The lowest BCUT2D eigenvalue weighted by Crippen LogP contribution is -2.33. The number of sulfonamides is 1. The number of hydrogen-bond acceptors (Lipinski definition) is 3. The van der Waals surface area contributed by atoms with E-state index in [-0.39, 0.29) is 22.5 Å². The SMILES string of the molecule is Cc1ccc(S(=O)(=O)Nc2ccccc2C(=O)N[C@H](C)CCc2ccccc2)cc1. The number of carbonyl (C=O) groups excluding carboxylic acids is 1. The van der Waals surface area contributed by atoms with Crippen LogP contribution in [-0.4, -0.2) is 20.4 Å². The Morgan fingerprint density at radius 1 is 0.900 bits per heavy atom. The Hall–Kier alpha value is -3.12. The first-order valence-electron chi connectivity index (χ1n) is 9.88. The van der Waals surface area contributed by atoms with Crippen LogP contribution in [-0.2, 0) is 16.4 Å². The molecule has 2 N–H and O–H groups in total. The molecular weight excluding hydrogens is 396 g/mol. The first-order chi connectivity index (χ1) is 14.3. The third-order valence-corrected chi connectivity index (χ3v) is 6.22. The van der Waals surface area contributed by atoms with Crippen molar-refractivity contribution in [3.8, 4) is 0 Å². The predicted molar refractivity (Wildman–Crippen MR) is 120 cm³/mol. The summed E-state index contributed by atoms with van der Waals surface area (Å²) in [6.07, 6.45) is 1.64. The Kier molecular flexibility index (Phi) is 6.90. The van der Waals surface area contributed by atoms with Crippen LogP contribution in [0.15, 0.2) is 83.8 Å². The van der Waals surface area contributed by atoms with E-state index in [1.165, 1.54) is 5.56 Å². The number of anilines is 1. The van der Waals surface area contributed by atoms with E-state index in [0.717, 1.165) is 18.4 Å². The molecule has 3 rings (SSSR count). The van der Waals surface area contributed by atoms with Crippen LogP contribution in [0.1, 0.15) is 34.8 Å². The normalized spacial score (nSPS) is 12.2. The second-order valence-corrected chi connectivity index (χ2v) is 9.05. The molecule has 0 aromatic heterocycles. The van der Waals surface area contributed by atoms with Crippen LogP contribution in [0, 0.1) is 6.92 Å². The van der Waals surface area contributed by atoms with Crippen LogP contribution in [0.4, 0.5) is 5.69 Å². The number of nitrogens with one attached hydrogen (secondary N) is 2. The molecule has 0 saturated heterocycles. The lowest BCUT2D eigenvalue weighted by molar-refractivity contribution is 0.0939. The van der Waals surface area contributed by atoms with Crippen LogP contribution in [0.25, 0.3) is 0 Å². The first kappa shape index (κ1) is 21.6.